The highest BCUT2D eigenvalue weighted by molar-refractivity contribution is 6.31. The highest BCUT2D eigenvalue weighted by atomic mass is 35.5. The molecule has 0 bridgehead atoms. The van der Waals surface area contributed by atoms with Crippen LogP contribution in [-0.2, 0) is 15.9 Å². The second-order valence-corrected chi connectivity index (χ2v) is 8.85. The molecule has 1 saturated heterocycles. The van der Waals surface area contributed by atoms with E-state index in [2.05, 4.69) is 11.8 Å². The van der Waals surface area contributed by atoms with Crippen molar-refractivity contribution in [1.82, 2.24) is 0 Å². The maximum absolute atomic E-state index is 10.4. The maximum Gasteiger partial charge on any atom is 0.123 e. The van der Waals surface area contributed by atoms with E-state index in [1.807, 2.05) is 44.2 Å². The largest absolute Gasteiger partial charge is 0.394 e. The fourth-order valence-corrected chi connectivity index (χ4v) is 3.67. The molecule has 0 saturated carbocycles. The number of benzene rings is 2. The number of methoxy groups -OCH3 is 1. The average molecular weight is 461 g/mol. The van der Waals surface area contributed by atoms with Gasteiger partial charge in [0, 0.05) is 17.7 Å². The molecule has 2 aromatic rings. The van der Waals surface area contributed by atoms with Gasteiger partial charge >= 0.3 is 0 Å². The van der Waals surface area contributed by atoms with E-state index in [4.69, 9.17) is 21.1 Å². The van der Waals surface area contributed by atoms with Crippen LogP contribution in [0.15, 0.2) is 42.5 Å². The van der Waals surface area contributed by atoms with Crippen LogP contribution in [0.2, 0.25) is 5.02 Å². The van der Waals surface area contributed by atoms with Gasteiger partial charge < -0.3 is 29.9 Å². The van der Waals surface area contributed by atoms with E-state index in [-0.39, 0.29) is 0 Å². The van der Waals surface area contributed by atoms with Crippen molar-refractivity contribution < 1.29 is 29.9 Å². The lowest BCUT2D eigenvalue weighted by Gasteiger charge is -2.40. The van der Waals surface area contributed by atoms with E-state index in [0.717, 1.165) is 16.7 Å². The smallest absolute Gasteiger partial charge is 0.123 e. The predicted octanol–water partition coefficient (Wildman–Crippen LogP) is 2.22. The van der Waals surface area contributed by atoms with Crippen LogP contribution in [0.4, 0.5) is 0 Å². The summed E-state index contributed by atoms with van der Waals surface area (Å²) in [6.07, 6.45) is -5.48. The first kappa shape index (κ1) is 24.7. The number of ether oxygens (including phenoxy) is 2. The van der Waals surface area contributed by atoms with Crippen LogP contribution in [0.25, 0.3) is 0 Å². The van der Waals surface area contributed by atoms with Gasteiger partial charge in [-0.2, -0.15) is 0 Å². The van der Waals surface area contributed by atoms with Crippen LogP contribution >= 0.6 is 11.6 Å². The third-order valence-corrected chi connectivity index (χ3v) is 6.03. The second-order valence-electron chi connectivity index (χ2n) is 8.44. The van der Waals surface area contributed by atoms with Crippen molar-refractivity contribution in [2.75, 3.05) is 13.7 Å². The van der Waals surface area contributed by atoms with Gasteiger partial charge in [0.25, 0.3) is 0 Å². The molecule has 0 spiro atoms. The zero-order valence-electron chi connectivity index (χ0n) is 18.3. The van der Waals surface area contributed by atoms with Crippen molar-refractivity contribution in [1.29, 1.82) is 0 Å². The Balaban J connectivity index is 1.79. The van der Waals surface area contributed by atoms with Crippen LogP contribution in [0.3, 0.4) is 0 Å². The van der Waals surface area contributed by atoms with Crippen LogP contribution in [-0.4, -0.2) is 64.2 Å². The van der Waals surface area contributed by atoms with E-state index in [1.165, 1.54) is 0 Å². The minimum atomic E-state index is -1.43. The molecule has 0 aromatic heterocycles. The van der Waals surface area contributed by atoms with Gasteiger partial charge in [-0.25, -0.2) is 0 Å². The summed E-state index contributed by atoms with van der Waals surface area (Å²) in [4.78, 5) is 0. The van der Waals surface area contributed by atoms with Gasteiger partial charge in [-0.3, -0.25) is 0 Å². The lowest BCUT2D eigenvalue weighted by molar-refractivity contribution is -0.231. The summed E-state index contributed by atoms with van der Waals surface area (Å²) in [7, 11) is 1.62. The van der Waals surface area contributed by atoms with E-state index < -0.39 is 42.7 Å². The first-order valence-electron chi connectivity index (χ1n) is 10.4. The number of halogens is 1. The first-order valence-corrected chi connectivity index (χ1v) is 10.8. The Morgan fingerprint density at radius 3 is 2.34 bits per heavy atom. The number of hydrogen-bond acceptors (Lipinski definition) is 6. The third-order valence-electron chi connectivity index (χ3n) is 5.66. The Labute approximate surface area is 193 Å². The Morgan fingerprint density at radius 2 is 1.72 bits per heavy atom. The van der Waals surface area contributed by atoms with Crippen molar-refractivity contribution in [3.63, 3.8) is 0 Å². The summed E-state index contributed by atoms with van der Waals surface area (Å²) >= 11 is 6.41. The standard InChI is InChI=1S/C25H29ClO6/c1-25(2,31-3)11-10-15-4-6-16(7-5-15)12-18-13-17(8-9-19(18)26)24-23(30)22(29)21(28)20(14-27)32-24/h4-9,13,20-24,27-30H,12,14H2,1-3H3/t20-,21-,22+,23-,24+/m1/s1. The molecule has 4 N–H and O–H groups in total. The van der Waals surface area contributed by atoms with Gasteiger partial charge in [-0.05, 0) is 55.2 Å². The molecular formula is C25H29ClO6. The van der Waals surface area contributed by atoms with Crippen molar-refractivity contribution >= 4 is 11.6 Å². The topological polar surface area (TPSA) is 99.4 Å². The molecule has 3 rings (SSSR count). The number of hydrogen-bond donors (Lipinski definition) is 4. The van der Waals surface area contributed by atoms with E-state index in [1.54, 1.807) is 19.2 Å². The summed E-state index contributed by atoms with van der Waals surface area (Å²) in [6.45, 7) is 3.33. The molecule has 5 atom stereocenters. The van der Waals surface area contributed by atoms with Gasteiger partial charge in [0.1, 0.15) is 36.1 Å². The number of aliphatic hydroxyl groups is 4. The molecule has 0 aliphatic carbocycles. The molecule has 32 heavy (non-hydrogen) atoms. The van der Waals surface area contributed by atoms with Crippen LogP contribution in [0.1, 0.15) is 42.2 Å². The number of aliphatic hydroxyl groups excluding tert-OH is 4. The average Bonchev–Trinajstić information content (AvgIpc) is 2.79. The molecule has 1 fully saturated rings. The summed E-state index contributed by atoms with van der Waals surface area (Å²) in [5.74, 6) is 6.18. The zero-order valence-corrected chi connectivity index (χ0v) is 19.1. The normalized spacial score (nSPS) is 25.8. The van der Waals surface area contributed by atoms with Crippen LogP contribution in [0.5, 0.6) is 0 Å². The van der Waals surface area contributed by atoms with Crippen molar-refractivity contribution in [3.05, 3.63) is 69.7 Å². The van der Waals surface area contributed by atoms with Crippen molar-refractivity contribution in [2.45, 2.75) is 56.4 Å². The van der Waals surface area contributed by atoms with Gasteiger partial charge in [0.15, 0.2) is 0 Å². The minimum Gasteiger partial charge on any atom is -0.394 e. The van der Waals surface area contributed by atoms with E-state index in [0.29, 0.717) is 17.0 Å². The Bertz CT molecular complexity index is 976. The molecule has 172 valence electrons. The highest BCUT2D eigenvalue weighted by Crippen LogP contribution is 2.34. The molecule has 0 radical (unpaired) electrons. The molecule has 2 aromatic carbocycles. The lowest BCUT2D eigenvalue weighted by Crippen LogP contribution is -2.55. The van der Waals surface area contributed by atoms with Crippen molar-refractivity contribution in [2.24, 2.45) is 0 Å². The van der Waals surface area contributed by atoms with Gasteiger partial charge in [-0.1, -0.05) is 47.7 Å². The molecule has 1 aliphatic rings. The van der Waals surface area contributed by atoms with Gasteiger partial charge in [0.2, 0.25) is 0 Å². The van der Waals surface area contributed by atoms with E-state index >= 15 is 0 Å². The molecule has 1 aliphatic heterocycles. The monoisotopic (exact) mass is 460 g/mol. The van der Waals surface area contributed by atoms with Crippen LogP contribution in [0, 0.1) is 11.8 Å². The summed E-state index contributed by atoms with van der Waals surface area (Å²) in [6, 6.07) is 13.0. The maximum atomic E-state index is 10.4. The van der Waals surface area contributed by atoms with E-state index in [9.17, 15) is 20.4 Å². The Kier molecular flexibility index (Phi) is 7.97. The summed E-state index contributed by atoms with van der Waals surface area (Å²) in [5, 5.41) is 40.5. The number of rotatable bonds is 5. The molecular weight excluding hydrogens is 432 g/mol. The third kappa shape index (κ3) is 5.69. The molecule has 0 amide bonds. The summed E-state index contributed by atoms with van der Waals surface area (Å²) < 4.78 is 11.0. The Hall–Kier alpha value is -1.95. The molecule has 1 heterocycles. The Morgan fingerprint density at radius 1 is 1.03 bits per heavy atom. The zero-order chi connectivity index (χ0) is 23.5. The fraction of sp³-hybridized carbons (Fsp3) is 0.440. The quantitative estimate of drug-likeness (QED) is 0.511. The second kappa shape index (κ2) is 10.3. The van der Waals surface area contributed by atoms with Crippen LogP contribution < -0.4 is 0 Å². The van der Waals surface area contributed by atoms with Gasteiger partial charge in [-0.15, -0.1) is 0 Å². The molecule has 7 heteroatoms. The highest BCUT2D eigenvalue weighted by Gasteiger charge is 2.44. The predicted molar refractivity (Wildman–Crippen MR) is 121 cm³/mol. The lowest BCUT2D eigenvalue weighted by atomic mass is 9.90. The SMILES string of the molecule is COC(C)(C)C#Cc1ccc(Cc2cc([C@@H]3O[C@H](CO)[C@@H](O)[C@H](O)[C@H]3O)ccc2Cl)cc1. The molecule has 6 nitrogen and oxygen atoms in total. The first-order chi connectivity index (χ1) is 15.1. The molecule has 0 unspecified atom stereocenters. The minimum absolute atomic E-state index is 0.474. The van der Waals surface area contributed by atoms with Crippen molar-refractivity contribution in [3.8, 4) is 11.8 Å². The van der Waals surface area contributed by atoms with Gasteiger partial charge in [0.05, 0.1) is 6.61 Å². The fourth-order valence-electron chi connectivity index (χ4n) is 3.48. The summed E-state index contributed by atoms with van der Waals surface area (Å²) in [5.41, 5.74) is 2.80.